The van der Waals surface area contributed by atoms with E-state index < -0.39 is 41.7 Å². The first-order valence-electron chi connectivity index (χ1n) is 7.60. The number of carboxylic acid groups (broad SMARTS) is 1. The Morgan fingerprint density at radius 3 is 2.46 bits per heavy atom. The molecular formula is C16H16F2N2O4. The van der Waals surface area contributed by atoms with E-state index in [0.29, 0.717) is 12.2 Å². The second-order valence-corrected chi connectivity index (χ2v) is 6.09. The van der Waals surface area contributed by atoms with Crippen molar-refractivity contribution in [2.75, 3.05) is 24.5 Å². The van der Waals surface area contributed by atoms with E-state index in [1.54, 1.807) is 0 Å². The summed E-state index contributed by atoms with van der Waals surface area (Å²) in [4.78, 5) is 38.3. The van der Waals surface area contributed by atoms with Gasteiger partial charge in [-0.25, -0.2) is 13.6 Å². The molecule has 2 amide bonds. The molecule has 0 bridgehead atoms. The summed E-state index contributed by atoms with van der Waals surface area (Å²) >= 11 is 0. The van der Waals surface area contributed by atoms with E-state index in [1.165, 1.54) is 29.2 Å². The van der Waals surface area contributed by atoms with Crippen LogP contribution in [0.2, 0.25) is 0 Å². The van der Waals surface area contributed by atoms with Crippen LogP contribution in [0.4, 0.5) is 14.5 Å². The van der Waals surface area contributed by atoms with Crippen LogP contribution < -0.4 is 4.90 Å². The average Bonchev–Trinajstić information content (AvgIpc) is 3.12. The highest BCUT2D eigenvalue weighted by molar-refractivity contribution is 6.09. The van der Waals surface area contributed by atoms with Crippen molar-refractivity contribution in [3.63, 3.8) is 0 Å². The number of hydrogen-bond acceptors (Lipinski definition) is 3. The smallest absolute Gasteiger partial charge is 0.343 e. The number of carbonyl (C=O) groups is 3. The van der Waals surface area contributed by atoms with Crippen molar-refractivity contribution in [2.45, 2.75) is 18.5 Å². The summed E-state index contributed by atoms with van der Waals surface area (Å²) in [5, 5.41) is 8.88. The zero-order chi connectivity index (χ0) is 17.5. The van der Waals surface area contributed by atoms with Gasteiger partial charge in [-0.05, 0) is 30.7 Å². The summed E-state index contributed by atoms with van der Waals surface area (Å²) in [6, 6.07) is 5.35. The number of hydrogen-bond donors (Lipinski definition) is 1. The zero-order valence-corrected chi connectivity index (χ0v) is 12.7. The Hall–Kier alpha value is -2.51. The van der Waals surface area contributed by atoms with Crippen LogP contribution in [0.1, 0.15) is 12.8 Å². The largest absolute Gasteiger partial charge is 0.479 e. The monoisotopic (exact) mass is 338 g/mol. The molecule has 0 spiro atoms. The third-order valence-electron chi connectivity index (χ3n) is 4.56. The van der Waals surface area contributed by atoms with Gasteiger partial charge in [-0.2, -0.15) is 0 Å². The second kappa shape index (κ2) is 5.85. The van der Waals surface area contributed by atoms with Crippen LogP contribution >= 0.6 is 0 Å². The van der Waals surface area contributed by atoms with Crippen LogP contribution in [0.25, 0.3) is 0 Å². The first kappa shape index (κ1) is 16.4. The molecule has 3 rings (SSSR count). The van der Waals surface area contributed by atoms with Crippen molar-refractivity contribution in [3.8, 4) is 0 Å². The Kier molecular flexibility index (Phi) is 3.98. The maximum Gasteiger partial charge on any atom is 0.343 e. The summed E-state index contributed by atoms with van der Waals surface area (Å²) < 4.78 is 27.1. The van der Waals surface area contributed by atoms with Crippen molar-refractivity contribution in [1.82, 2.24) is 4.90 Å². The molecule has 2 fully saturated rings. The van der Waals surface area contributed by atoms with Crippen LogP contribution in [-0.4, -0.2) is 53.1 Å². The molecule has 1 aromatic carbocycles. The molecule has 2 saturated heterocycles. The number of anilines is 1. The molecule has 6 nitrogen and oxygen atoms in total. The predicted octanol–water partition coefficient (Wildman–Crippen LogP) is 1.20. The fourth-order valence-electron chi connectivity index (χ4n) is 3.14. The number of carboxylic acids is 1. The van der Waals surface area contributed by atoms with E-state index in [4.69, 9.17) is 5.11 Å². The lowest BCUT2D eigenvalue weighted by molar-refractivity contribution is -0.150. The lowest BCUT2D eigenvalue weighted by atomic mass is 10.1. The highest BCUT2D eigenvalue weighted by atomic mass is 19.1. The molecule has 0 aliphatic carbocycles. The number of benzene rings is 1. The van der Waals surface area contributed by atoms with Crippen molar-refractivity contribution >= 4 is 23.5 Å². The van der Waals surface area contributed by atoms with Gasteiger partial charge in [0.25, 0.3) is 0 Å². The van der Waals surface area contributed by atoms with Crippen molar-refractivity contribution in [1.29, 1.82) is 0 Å². The predicted molar refractivity (Wildman–Crippen MR) is 79.5 cm³/mol. The maximum atomic E-state index is 14.1. The molecule has 0 aromatic heterocycles. The molecule has 2 aliphatic rings. The lowest BCUT2D eigenvalue weighted by Crippen LogP contribution is -2.42. The van der Waals surface area contributed by atoms with Crippen molar-refractivity contribution < 1.29 is 28.3 Å². The van der Waals surface area contributed by atoms with Gasteiger partial charge in [0, 0.05) is 25.2 Å². The number of rotatable bonds is 3. The number of nitrogens with zero attached hydrogens (tertiary/aromatic N) is 2. The number of amides is 2. The van der Waals surface area contributed by atoms with Gasteiger partial charge in [0.1, 0.15) is 11.7 Å². The van der Waals surface area contributed by atoms with E-state index in [2.05, 4.69) is 0 Å². The molecule has 0 radical (unpaired) electrons. The van der Waals surface area contributed by atoms with Crippen molar-refractivity contribution in [2.24, 2.45) is 5.92 Å². The topological polar surface area (TPSA) is 77.9 Å². The average molecular weight is 338 g/mol. The fourth-order valence-corrected chi connectivity index (χ4v) is 3.14. The molecule has 2 aliphatic heterocycles. The summed E-state index contributed by atoms with van der Waals surface area (Å²) in [5.41, 5.74) is -1.96. The molecule has 2 atom stereocenters. The number of carbonyl (C=O) groups excluding carboxylic acids is 2. The molecule has 24 heavy (non-hydrogen) atoms. The molecule has 128 valence electrons. The summed E-state index contributed by atoms with van der Waals surface area (Å²) in [6.07, 6.45) is -0.0193. The minimum atomic E-state index is -2.45. The first-order chi connectivity index (χ1) is 11.3. The van der Waals surface area contributed by atoms with Gasteiger partial charge < -0.3 is 14.9 Å². The first-order valence-corrected chi connectivity index (χ1v) is 7.60. The SMILES string of the molecule is O=C(C1CCN(c2ccc(F)cc2)C1=O)N1CCC(F)(C(=O)O)C1. The van der Waals surface area contributed by atoms with Gasteiger partial charge >= 0.3 is 5.97 Å². The lowest BCUT2D eigenvalue weighted by Gasteiger charge is -2.21. The molecule has 2 heterocycles. The Labute approximate surface area is 136 Å². The van der Waals surface area contributed by atoms with E-state index in [0.717, 1.165) is 4.90 Å². The molecular weight excluding hydrogens is 322 g/mol. The Balaban J connectivity index is 1.70. The minimum Gasteiger partial charge on any atom is -0.479 e. The summed E-state index contributed by atoms with van der Waals surface area (Å²) in [7, 11) is 0. The van der Waals surface area contributed by atoms with E-state index in [1.807, 2.05) is 0 Å². The molecule has 0 saturated carbocycles. The second-order valence-electron chi connectivity index (χ2n) is 6.09. The van der Waals surface area contributed by atoms with Gasteiger partial charge in [0.15, 0.2) is 0 Å². The van der Waals surface area contributed by atoms with Crippen LogP contribution in [-0.2, 0) is 14.4 Å². The third-order valence-corrected chi connectivity index (χ3v) is 4.56. The summed E-state index contributed by atoms with van der Waals surface area (Å²) in [5.74, 6) is -3.96. The normalized spacial score (nSPS) is 26.9. The van der Waals surface area contributed by atoms with Crippen LogP contribution in [0.5, 0.6) is 0 Å². The Bertz CT molecular complexity index is 694. The van der Waals surface area contributed by atoms with Gasteiger partial charge in [0.05, 0.1) is 6.54 Å². The molecule has 2 unspecified atom stereocenters. The minimum absolute atomic E-state index is 0.0258. The van der Waals surface area contributed by atoms with Gasteiger partial charge in [-0.1, -0.05) is 0 Å². The standard InChI is InChI=1S/C16H16F2N2O4/c17-10-1-3-11(4-2-10)20-7-5-12(14(20)22)13(21)19-8-6-16(18,9-19)15(23)24/h1-4,12H,5-9H2,(H,23,24). The van der Waals surface area contributed by atoms with Crippen molar-refractivity contribution in [3.05, 3.63) is 30.1 Å². The number of likely N-dealkylation sites (tertiary alicyclic amines) is 1. The Morgan fingerprint density at radius 1 is 1.21 bits per heavy atom. The summed E-state index contributed by atoms with van der Waals surface area (Å²) in [6.45, 7) is -0.266. The molecule has 1 N–H and O–H groups in total. The van der Waals surface area contributed by atoms with Gasteiger partial charge in [-0.15, -0.1) is 0 Å². The molecule has 1 aromatic rings. The zero-order valence-electron chi connectivity index (χ0n) is 12.7. The number of alkyl halides is 1. The Morgan fingerprint density at radius 2 is 1.88 bits per heavy atom. The van der Waals surface area contributed by atoms with Gasteiger partial charge in [-0.3, -0.25) is 9.59 Å². The highest BCUT2D eigenvalue weighted by Gasteiger charge is 2.49. The van der Waals surface area contributed by atoms with E-state index in [9.17, 15) is 23.2 Å². The molecule has 8 heteroatoms. The quantitative estimate of drug-likeness (QED) is 0.840. The van der Waals surface area contributed by atoms with E-state index in [-0.39, 0.29) is 19.4 Å². The van der Waals surface area contributed by atoms with Gasteiger partial charge in [0.2, 0.25) is 17.5 Å². The third kappa shape index (κ3) is 2.72. The fraction of sp³-hybridized carbons (Fsp3) is 0.438. The maximum absolute atomic E-state index is 14.1. The number of aliphatic carboxylic acids is 1. The van der Waals surface area contributed by atoms with E-state index >= 15 is 0 Å². The number of halogens is 2. The van der Waals surface area contributed by atoms with Crippen LogP contribution in [0.15, 0.2) is 24.3 Å². The van der Waals surface area contributed by atoms with Crippen LogP contribution in [0, 0.1) is 11.7 Å². The van der Waals surface area contributed by atoms with Crippen LogP contribution in [0.3, 0.4) is 0 Å². The highest BCUT2D eigenvalue weighted by Crippen LogP contribution is 2.31.